The third-order valence-corrected chi connectivity index (χ3v) is 1.24. The molecule has 5 heteroatoms. The van der Waals surface area contributed by atoms with Crippen LogP contribution in [0.4, 0.5) is 11.6 Å². The van der Waals surface area contributed by atoms with Gasteiger partial charge >= 0.3 is 0 Å². The molecule has 0 aromatic carbocycles. The number of rotatable bonds is 1. The number of hydrogen-bond acceptors (Lipinski definition) is 4. The molecule has 1 aromatic heterocycles. The summed E-state index contributed by atoms with van der Waals surface area (Å²) >= 11 is 0. The maximum atomic E-state index is 10.9. The molecule has 0 saturated heterocycles. The van der Waals surface area contributed by atoms with E-state index < -0.39 is 0 Å². The monoisotopic (exact) mass is 154 g/mol. The van der Waals surface area contributed by atoms with Crippen LogP contribution in [0.25, 0.3) is 0 Å². The zero-order chi connectivity index (χ0) is 8.43. The second-order valence-corrected chi connectivity index (χ2v) is 2.39. The fraction of sp³-hybridized carbons (Fsp3) is 0.333. The Morgan fingerprint density at radius 2 is 2.27 bits per heavy atom. The zero-order valence-corrected chi connectivity index (χ0v) is 6.46. The van der Waals surface area contributed by atoms with Crippen molar-refractivity contribution in [3.05, 3.63) is 16.6 Å². The molecular weight excluding hydrogens is 144 g/mol. The number of anilines is 2. The van der Waals surface area contributed by atoms with Crippen molar-refractivity contribution in [1.29, 1.82) is 0 Å². The van der Waals surface area contributed by atoms with Gasteiger partial charge in [-0.3, -0.25) is 9.78 Å². The lowest BCUT2D eigenvalue weighted by atomic mass is 10.5. The van der Waals surface area contributed by atoms with Crippen molar-refractivity contribution >= 4 is 11.6 Å². The van der Waals surface area contributed by atoms with Gasteiger partial charge in [-0.15, -0.1) is 0 Å². The summed E-state index contributed by atoms with van der Waals surface area (Å²) in [6, 6.07) is 0. The van der Waals surface area contributed by atoms with Crippen molar-refractivity contribution in [3.8, 4) is 0 Å². The quantitative estimate of drug-likeness (QED) is 0.567. The standard InChI is InChI=1S/C6H10N4O/c1-10(2)6-8-3-4(7)5(11)9-6/h3H,7H2,1-2H3,(H,8,9,11). The highest BCUT2D eigenvalue weighted by Gasteiger charge is 1.98. The van der Waals surface area contributed by atoms with Gasteiger partial charge in [-0.2, -0.15) is 0 Å². The zero-order valence-electron chi connectivity index (χ0n) is 6.46. The average molecular weight is 154 g/mol. The second kappa shape index (κ2) is 2.61. The predicted molar refractivity (Wildman–Crippen MR) is 43.6 cm³/mol. The molecule has 3 N–H and O–H groups in total. The number of aromatic nitrogens is 2. The van der Waals surface area contributed by atoms with E-state index >= 15 is 0 Å². The molecule has 5 nitrogen and oxygen atoms in total. The van der Waals surface area contributed by atoms with E-state index in [1.54, 1.807) is 19.0 Å². The normalized spacial score (nSPS) is 9.64. The number of nitrogens with two attached hydrogens (primary N) is 1. The highest BCUT2D eigenvalue weighted by Crippen LogP contribution is 1.97. The molecule has 0 aliphatic carbocycles. The fourth-order valence-electron chi connectivity index (χ4n) is 0.623. The van der Waals surface area contributed by atoms with Crippen LogP contribution in [0, 0.1) is 0 Å². The largest absolute Gasteiger partial charge is 0.393 e. The van der Waals surface area contributed by atoms with Crippen molar-refractivity contribution in [2.45, 2.75) is 0 Å². The molecule has 0 atom stereocenters. The molecule has 60 valence electrons. The summed E-state index contributed by atoms with van der Waals surface area (Å²) in [7, 11) is 3.57. The molecule has 0 radical (unpaired) electrons. The molecule has 1 rings (SSSR count). The molecule has 1 heterocycles. The number of aromatic amines is 1. The van der Waals surface area contributed by atoms with Crippen LogP contribution in [0.5, 0.6) is 0 Å². The third-order valence-electron chi connectivity index (χ3n) is 1.24. The molecule has 0 aliphatic heterocycles. The molecule has 0 unspecified atom stereocenters. The molecule has 0 spiro atoms. The first-order valence-corrected chi connectivity index (χ1v) is 3.13. The number of H-pyrrole nitrogens is 1. The van der Waals surface area contributed by atoms with E-state index in [1.165, 1.54) is 6.20 Å². The Kier molecular flexibility index (Phi) is 1.80. The van der Waals surface area contributed by atoms with Gasteiger partial charge < -0.3 is 10.6 Å². The van der Waals surface area contributed by atoms with Crippen LogP contribution in [0.3, 0.4) is 0 Å². The average Bonchev–Trinajstić information content (AvgIpc) is 1.94. The van der Waals surface area contributed by atoms with Gasteiger partial charge in [0.1, 0.15) is 5.69 Å². The van der Waals surface area contributed by atoms with E-state index in [4.69, 9.17) is 5.73 Å². The van der Waals surface area contributed by atoms with Gasteiger partial charge in [-0.05, 0) is 0 Å². The van der Waals surface area contributed by atoms with Crippen molar-refractivity contribution in [3.63, 3.8) is 0 Å². The Morgan fingerprint density at radius 1 is 1.64 bits per heavy atom. The Labute approximate surface area is 63.9 Å². The Balaban J connectivity index is 3.16. The molecule has 0 bridgehead atoms. The summed E-state index contributed by atoms with van der Waals surface area (Å²) in [6.07, 6.45) is 1.34. The van der Waals surface area contributed by atoms with Crippen LogP contribution in [-0.4, -0.2) is 24.1 Å². The fourth-order valence-corrected chi connectivity index (χ4v) is 0.623. The minimum absolute atomic E-state index is 0.135. The van der Waals surface area contributed by atoms with E-state index in [0.29, 0.717) is 5.95 Å². The molecule has 0 fully saturated rings. The first kappa shape index (κ1) is 7.59. The summed E-state index contributed by atoms with van der Waals surface area (Å²) in [5, 5.41) is 0. The Bertz CT molecular complexity index is 304. The molecular formula is C6H10N4O. The van der Waals surface area contributed by atoms with Crippen LogP contribution in [0.2, 0.25) is 0 Å². The lowest BCUT2D eigenvalue weighted by Gasteiger charge is -2.09. The van der Waals surface area contributed by atoms with Crippen molar-refractivity contribution in [2.75, 3.05) is 24.7 Å². The summed E-state index contributed by atoms with van der Waals surface area (Å²) in [5.41, 5.74) is 5.10. The highest BCUT2D eigenvalue weighted by molar-refractivity contribution is 5.36. The lowest BCUT2D eigenvalue weighted by Crippen LogP contribution is -2.20. The van der Waals surface area contributed by atoms with Crippen LogP contribution in [-0.2, 0) is 0 Å². The summed E-state index contributed by atoms with van der Waals surface area (Å²) in [5.74, 6) is 0.504. The smallest absolute Gasteiger partial charge is 0.275 e. The van der Waals surface area contributed by atoms with Crippen LogP contribution >= 0.6 is 0 Å². The van der Waals surface area contributed by atoms with Crippen molar-refractivity contribution in [1.82, 2.24) is 9.97 Å². The SMILES string of the molecule is CN(C)c1ncc(N)c(=O)[nH]1. The van der Waals surface area contributed by atoms with Gasteiger partial charge in [0.15, 0.2) is 0 Å². The third kappa shape index (κ3) is 1.49. The number of nitrogens with one attached hydrogen (secondary N) is 1. The molecule has 0 saturated carbocycles. The van der Waals surface area contributed by atoms with Gasteiger partial charge in [0, 0.05) is 14.1 Å². The van der Waals surface area contributed by atoms with E-state index in [2.05, 4.69) is 9.97 Å². The first-order valence-electron chi connectivity index (χ1n) is 3.13. The van der Waals surface area contributed by atoms with Gasteiger partial charge in [-0.1, -0.05) is 0 Å². The van der Waals surface area contributed by atoms with Gasteiger partial charge in [0.25, 0.3) is 5.56 Å². The van der Waals surface area contributed by atoms with Crippen LogP contribution in [0.15, 0.2) is 11.0 Å². The van der Waals surface area contributed by atoms with Gasteiger partial charge in [0.05, 0.1) is 6.20 Å². The maximum absolute atomic E-state index is 10.9. The lowest BCUT2D eigenvalue weighted by molar-refractivity contribution is 0.984. The highest BCUT2D eigenvalue weighted by atomic mass is 16.1. The van der Waals surface area contributed by atoms with Gasteiger partial charge in [0.2, 0.25) is 5.95 Å². The summed E-state index contributed by atoms with van der Waals surface area (Å²) < 4.78 is 0. The molecule has 0 amide bonds. The van der Waals surface area contributed by atoms with E-state index in [0.717, 1.165) is 0 Å². The second-order valence-electron chi connectivity index (χ2n) is 2.39. The van der Waals surface area contributed by atoms with Crippen LogP contribution in [0.1, 0.15) is 0 Å². The molecule has 1 aromatic rings. The van der Waals surface area contributed by atoms with Crippen molar-refractivity contribution in [2.24, 2.45) is 0 Å². The van der Waals surface area contributed by atoms with Gasteiger partial charge in [-0.25, -0.2) is 4.98 Å². The Hall–Kier alpha value is -1.52. The topological polar surface area (TPSA) is 75.0 Å². The first-order chi connectivity index (χ1) is 5.11. The van der Waals surface area contributed by atoms with Crippen molar-refractivity contribution < 1.29 is 0 Å². The number of nitrogens with zero attached hydrogens (tertiary/aromatic N) is 2. The number of nitrogen functional groups attached to an aromatic ring is 1. The summed E-state index contributed by atoms with van der Waals surface area (Å²) in [6.45, 7) is 0. The van der Waals surface area contributed by atoms with E-state index in [9.17, 15) is 4.79 Å². The molecule has 0 aliphatic rings. The maximum Gasteiger partial charge on any atom is 0.275 e. The predicted octanol–water partition coefficient (Wildman–Crippen LogP) is -0.582. The van der Waals surface area contributed by atoms with E-state index in [-0.39, 0.29) is 11.2 Å². The Morgan fingerprint density at radius 3 is 2.73 bits per heavy atom. The summed E-state index contributed by atoms with van der Waals surface area (Å²) in [4.78, 5) is 19.0. The van der Waals surface area contributed by atoms with E-state index in [1.807, 2.05) is 0 Å². The number of hydrogen-bond donors (Lipinski definition) is 2. The minimum atomic E-state index is -0.302. The molecule has 11 heavy (non-hydrogen) atoms. The van der Waals surface area contributed by atoms with Crippen LogP contribution < -0.4 is 16.2 Å². The minimum Gasteiger partial charge on any atom is -0.393 e.